The van der Waals surface area contributed by atoms with Crippen LogP contribution in [0.1, 0.15) is 26.0 Å². The molecule has 0 radical (unpaired) electrons. The fourth-order valence-electron chi connectivity index (χ4n) is 3.95. The minimum absolute atomic E-state index is 0.216. The maximum atomic E-state index is 14.3. The maximum Gasteiger partial charge on any atom is 0.415 e. The summed E-state index contributed by atoms with van der Waals surface area (Å²) in [6.07, 6.45) is -7.27. The number of carbonyl (C=O) groups excluding carboxylic acids is 2. The first-order valence-electron chi connectivity index (χ1n) is 12.7. The second-order valence-electron chi connectivity index (χ2n) is 9.35. The summed E-state index contributed by atoms with van der Waals surface area (Å²) in [6, 6.07) is 7.98. The Morgan fingerprint density at radius 3 is 2.59 bits per heavy atom. The first-order valence-corrected chi connectivity index (χ1v) is 14.2. The molecule has 20 heteroatoms. The van der Waals surface area contributed by atoms with Gasteiger partial charge < -0.3 is 34.9 Å². The van der Waals surface area contributed by atoms with E-state index in [1.54, 1.807) is 6.07 Å². The molecule has 0 spiro atoms. The minimum atomic E-state index is -4.36. The van der Waals surface area contributed by atoms with Crippen LogP contribution in [0.25, 0.3) is 0 Å². The smallest absolute Gasteiger partial charge is 0.415 e. The van der Waals surface area contributed by atoms with Gasteiger partial charge in [0.15, 0.2) is 6.10 Å². The molecule has 1 saturated heterocycles. The van der Waals surface area contributed by atoms with Crippen LogP contribution in [-0.4, -0.2) is 82.7 Å². The molecule has 0 saturated carbocycles. The Labute approximate surface area is 246 Å². The Bertz CT molecular complexity index is 1670. The molecule has 44 heavy (non-hydrogen) atoms. The van der Waals surface area contributed by atoms with Gasteiger partial charge in [0.25, 0.3) is 9.84 Å². The lowest BCUT2D eigenvalue weighted by Crippen LogP contribution is -2.41. The first-order chi connectivity index (χ1) is 20.7. The number of anilines is 1. The van der Waals surface area contributed by atoms with Gasteiger partial charge in [0.1, 0.15) is 24.6 Å². The lowest BCUT2D eigenvalue weighted by atomic mass is 10.1. The highest BCUT2D eigenvalue weighted by Gasteiger charge is 2.59. The van der Waals surface area contributed by atoms with Gasteiger partial charge in [-0.1, -0.05) is 18.2 Å². The van der Waals surface area contributed by atoms with Crippen molar-refractivity contribution in [2.75, 3.05) is 18.5 Å². The predicted molar refractivity (Wildman–Crippen MR) is 137 cm³/mol. The van der Waals surface area contributed by atoms with E-state index in [0.29, 0.717) is 4.57 Å². The van der Waals surface area contributed by atoms with Gasteiger partial charge in [-0.25, -0.2) is 13.2 Å². The predicted octanol–water partition coefficient (Wildman–Crippen LogP) is -0.687. The van der Waals surface area contributed by atoms with E-state index in [1.807, 2.05) is 0 Å². The molecule has 1 fully saturated rings. The molecule has 3 N–H and O–H groups in total. The van der Waals surface area contributed by atoms with Crippen molar-refractivity contribution in [2.45, 2.75) is 60.1 Å². The Morgan fingerprint density at radius 1 is 1.25 bits per heavy atom. The highest BCUT2D eigenvalue weighted by Crippen LogP contribution is 2.42. The van der Waals surface area contributed by atoms with Crippen LogP contribution in [0, 0.1) is 5.21 Å². The van der Waals surface area contributed by atoms with Gasteiger partial charge >= 0.3 is 28.5 Å². The lowest BCUT2D eigenvalue weighted by molar-refractivity contribution is -0.832. The van der Waals surface area contributed by atoms with Gasteiger partial charge in [-0.2, -0.15) is 13.8 Å². The zero-order valence-corrected chi connectivity index (χ0v) is 23.4. The second-order valence-corrected chi connectivity index (χ2v) is 11.2. The minimum Gasteiger partial charge on any atom is -0.459 e. The summed E-state index contributed by atoms with van der Waals surface area (Å²) in [4.78, 5) is 39.6. The Morgan fingerprint density at radius 2 is 1.95 bits per heavy atom. The van der Waals surface area contributed by atoms with Crippen molar-refractivity contribution in [2.24, 2.45) is 0 Å². The molecule has 3 aromatic rings. The van der Waals surface area contributed by atoms with Crippen LogP contribution in [0.3, 0.4) is 0 Å². The molecule has 1 unspecified atom stereocenters. The third-order valence-electron chi connectivity index (χ3n) is 6.11. The van der Waals surface area contributed by atoms with Crippen LogP contribution in [0.15, 0.2) is 61.9 Å². The number of halogens is 2. The lowest BCUT2D eigenvalue weighted by Gasteiger charge is -2.21. The van der Waals surface area contributed by atoms with Crippen LogP contribution >= 0.6 is 0 Å². The van der Waals surface area contributed by atoms with Crippen LogP contribution in [0.4, 0.5) is 14.6 Å². The Kier molecular flexibility index (Phi) is 9.56. The zero-order valence-electron chi connectivity index (χ0n) is 22.6. The van der Waals surface area contributed by atoms with E-state index in [-0.39, 0.29) is 15.6 Å². The van der Waals surface area contributed by atoms with Crippen molar-refractivity contribution in [1.82, 2.24) is 14.7 Å². The third kappa shape index (κ3) is 6.82. The van der Waals surface area contributed by atoms with Crippen LogP contribution in [0.5, 0.6) is 5.88 Å². The highest BCUT2D eigenvalue weighted by atomic mass is 32.2. The number of aliphatic hydroxyl groups excluding tert-OH is 2. The van der Waals surface area contributed by atoms with Crippen LogP contribution in [0.2, 0.25) is 0 Å². The molecule has 0 bridgehead atoms. The fraction of sp³-hybridized carbons (Fsp3) is 0.417. The number of hydrogen-bond donors (Lipinski definition) is 3. The molecule has 3 heterocycles. The molecule has 238 valence electrons. The van der Waals surface area contributed by atoms with Crippen molar-refractivity contribution in [3.63, 3.8) is 0 Å². The van der Waals surface area contributed by atoms with E-state index >= 15 is 0 Å². The second kappa shape index (κ2) is 13.0. The van der Waals surface area contributed by atoms with Crippen molar-refractivity contribution in [3.8, 4) is 5.88 Å². The summed E-state index contributed by atoms with van der Waals surface area (Å²) in [6.45, 7) is 0.0234. The Hall–Kier alpha value is -4.53. The summed E-state index contributed by atoms with van der Waals surface area (Å²) in [5.41, 5.74) is -1.25. The van der Waals surface area contributed by atoms with Crippen molar-refractivity contribution in [3.05, 3.63) is 58.3 Å². The van der Waals surface area contributed by atoms with Gasteiger partial charge in [0, 0.05) is 12.6 Å². The zero-order chi connectivity index (χ0) is 32.2. The summed E-state index contributed by atoms with van der Waals surface area (Å²) in [7, 11) is -4.36. The Balaban J connectivity index is 1.27. The number of sulfone groups is 1. The number of nitrogens with zero attached hydrogens (tertiary/aromatic N) is 4. The number of ether oxygens (including phenoxy) is 3. The van der Waals surface area contributed by atoms with Crippen molar-refractivity contribution >= 4 is 27.5 Å². The molecular weight excluding hydrogens is 620 g/mol. The number of amides is 1. The molecule has 4 rings (SSSR count). The largest absolute Gasteiger partial charge is 0.459 e. The van der Waals surface area contributed by atoms with Gasteiger partial charge in [-0.3, -0.25) is 18.8 Å². The number of rotatable bonds is 12. The molecular formula is C24H25F2N5O12S. The number of esters is 1. The molecule has 1 aliphatic heterocycles. The molecule has 1 amide bonds. The van der Waals surface area contributed by atoms with Crippen LogP contribution in [-0.2, 0) is 28.9 Å². The molecule has 0 aliphatic carbocycles. The van der Waals surface area contributed by atoms with Gasteiger partial charge in [0.2, 0.25) is 12.1 Å². The topological polar surface area (TPSA) is 236 Å². The van der Waals surface area contributed by atoms with E-state index in [4.69, 9.17) is 19.3 Å². The number of hydrogen-bond acceptors (Lipinski definition) is 14. The van der Waals surface area contributed by atoms with E-state index in [1.165, 1.54) is 31.2 Å². The average molecular weight is 646 g/mol. The summed E-state index contributed by atoms with van der Waals surface area (Å²) >= 11 is 0. The number of aliphatic hydroxyl groups is 2. The first kappa shape index (κ1) is 32.4. The van der Waals surface area contributed by atoms with Crippen molar-refractivity contribution < 1.29 is 60.7 Å². The van der Waals surface area contributed by atoms with E-state index in [2.05, 4.69) is 20.1 Å². The van der Waals surface area contributed by atoms with Gasteiger partial charge in [-0.15, -0.1) is 0 Å². The molecule has 17 nitrogen and oxygen atoms in total. The van der Waals surface area contributed by atoms with Gasteiger partial charge in [0.05, 0.1) is 23.1 Å². The van der Waals surface area contributed by atoms with Crippen LogP contribution < -0.4 is 20.6 Å². The fourth-order valence-corrected chi connectivity index (χ4v) is 5.25. The third-order valence-corrected chi connectivity index (χ3v) is 7.83. The average Bonchev–Trinajstić information content (AvgIpc) is 3.47. The van der Waals surface area contributed by atoms with E-state index < -0.39 is 94.8 Å². The molecule has 1 aromatic carbocycles. The number of alkyl halides is 2. The van der Waals surface area contributed by atoms with Gasteiger partial charge in [-0.05, 0) is 30.0 Å². The molecule has 4 atom stereocenters. The number of carbonyl (C=O) groups is 2. The van der Waals surface area contributed by atoms with Crippen molar-refractivity contribution in [1.29, 1.82) is 0 Å². The normalized spacial score (nSPS) is 20.2. The summed E-state index contributed by atoms with van der Waals surface area (Å²) in [5.74, 6) is -6.55. The highest BCUT2D eigenvalue weighted by molar-refractivity contribution is 7.91. The molecule has 2 aromatic heterocycles. The standard InChI is InChI=1S/C24H25F2N5O12S/c1-13(12-40-20-21(31(37)43-29-20)44(38,39)14-5-3-2-4-6-14)41-18(34)8-7-17(33)27-16-9-10-30(23(36)28-16)22-24(25,26)19(35)15(11-32)42-22/h2-6,9-10,13,15,19,22,32,35H,7-8,11-12H2,1H3,(H,27,28,33,36)/t13?,15-,19-,22-/m1/s1. The number of aromatic nitrogens is 4. The summed E-state index contributed by atoms with van der Waals surface area (Å²) in [5, 5.41) is 35.3. The summed E-state index contributed by atoms with van der Waals surface area (Å²) < 4.78 is 74.2. The number of nitrogens with one attached hydrogen (secondary N) is 1. The van der Waals surface area contributed by atoms with E-state index in [0.717, 1.165) is 12.3 Å². The van der Waals surface area contributed by atoms with E-state index in [9.17, 15) is 41.9 Å². The monoisotopic (exact) mass is 645 g/mol. The number of benzene rings is 1. The molecule has 1 aliphatic rings. The maximum absolute atomic E-state index is 14.3. The quantitative estimate of drug-likeness (QED) is 0.163. The SMILES string of the molecule is CC(COc1no[n+]([O-])c1S(=O)(=O)c1ccccc1)OC(=O)CCC(=O)Nc1ccn([C@@H]2O[C@H](CO)[C@@H](O)C2(F)F)c(=O)n1.